The third kappa shape index (κ3) is 5.63. The Morgan fingerprint density at radius 3 is 2.71 bits per heavy atom. The largest absolute Gasteiger partial charge is 0.574 e. The van der Waals surface area contributed by atoms with Gasteiger partial charge in [0.05, 0.1) is 11.2 Å². The van der Waals surface area contributed by atoms with Gasteiger partial charge in [0.2, 0.25) is 17.7 Å². The Bertz CT molecular complexity index is 1450. The first-order valence-electron chi connectivity index (χ1n) is 12.3. The van der Waals surface area contributed by atoms with E-state index < -0.39 is 66.2 Å². The molecular weight excluding hydrogens is 580 g/mol. The highest BCUT2D eigenvalue weighted by atomic mass is 35.5. The van der Waals surface area contributed by atoms with Crippen LogP contribution in [0.1, 0.15) is 52.7 Å². The number of nitrogens with zero attached hydrogens (tertiary/aromatic N) is 2. The van der Waals surface area contributed by atoms with Gasteiger partial charge in [0.1, 0.15) is 18.5 Å². The second-order valence-electron chi connectivity index (χ2n) is 9.85. The van der Waals surface area contributed by atoms with Crippen LogP contribution in [-0.2, 0) is 33.1 Å². The fourth-order valence-corrected chi connectivity index (χ4v) is 5.47. The van der Waals surface area contributed by atoms with Crippen LogP contribution in [0, 0.1) is 5.82 Å². The molecule has 2 aliphatic heterocycles. The number of piperidine rings is 1. The number of aromatic nitrogens is 1. The van der Waals surface area contributed by atoms with Crippen molar-refractivity contribution in [1.82, 2.24) is 20.5 Å². The number of halogens is 5. The van der Waals surface area contributed by atoms with Gasteiger partial charge in [-0.2, -0.15) is 0 Å². The average molecular weight is 601 g/mol. The maximum absolute atomic E-state index is 15.3. The molecule has 1 saturated heterocycles. The molecule has 3 N–H and O–H groups in total. The van der Waals surface area contributed by atoms with Crippen LogP contribution in [-0.4, -0.2) is 57.3 Å². The van der Waals surface area contributed by atoms with E-state index in [1.807, 2.05) is 0 Å². The summed E-state index contributed by atoms with van der Waals surface area (Å²) in [6.45, 7) is -0.769. The second kappa shape index (κ2) is 10.4. The number of hydrogen-bond acceptors (Lipinski definition) is 8. The minimum atomic E-state index is -5.02. The molecule has 5 rings (SSSR count). The van der Waals surface area contributed by atoms with Crippen molar-refractivity contribution in [2.75, 3.05) is 0 Å². The van der Waals surface area contributed by atoms with Gasteiger partial charge in [-0.15, -0.1) is 13.2 Å². The van der Waals surface area contributed by atoms with Gasteiger partial charge >= 0.3 is 12.5 Å². The summed E-state index contributed by atoms with van der Waals surface area (Å²) in [6.07, 6.45) is -5.21. The molecule has 2 aromatic rings. The number of aliphatic hydroxyl groups is 1. The van der Waals surface area contributed by atoms with Crippen LogP contribution in [0.2, 0.25) is 5.02 Å². The first kappa shape index (κ1) is 28.5. The summed E-state index contributed by atoms with van der Waals surface area (Å²) in [7, 11) is 0. The van der Waals surface area contributed by atoms with Gasteiger partial charge in [0.15, 0.2) is 0 Å². The van der Waals surface area contributed by atoms with Crippen LogP contribution in [0.4, 0.5) is 22.4 Å². The van der Waals surface area contributed by atoms with Crippen molar-refractivity contribution in [2.45, 2.75) is 62.9 Å². The van der Waals surface area contributed by atoms with E-state index in [1.54, 1.807) is 0 Å². The fourth-order valence-electron chi connectivity index (χ4n) is 5.18. The van der Waals surface area contributed by atoms with Crippen molar-refractivity contribution < 1.29 is 51.3 Å². The zero-order valence-electron chi connectivity index (χ0n) is 20.9. The Morgan fingerprint density at radius 1 is 1.29 bits per heavy atom. The number of pyridine rings is 1. The number of alkyl carbamates (subject to hydrolysis) is 1. The molecule has 1 saturated carbocycles. The van der Waals surface area contributed by atoms with Gasteiger partial charge in [-0.1, -0.05) is 11.6 Å². The lowest BCUT2D eigenvalue weighted by Crippen LogP contribution is -2.53. The molecule has 1 aromatic carbocycles. The molecule has 2 fully saturated rings. The lowest BCUT2D eigenvalue weighted by Gasteiger charge is -2.44. The Morgan fingerprint density at radius 2 is 2.02 bits per heavy atom. The minimum Gasteiger partial charge on any atom is -0.445 e. The van der Waals surface area contributed by atoms with Crippen molar-refractivity contribution in [3.8, 4) is 5.88 Å². The van der Waals surface area contributed by atoms with E-state index in [0.29, 0.717) is 0 Å². The number of fused-ring (bicyclic) bond motifs is 1. The highest BCUT2D eigenvalue weighted by Crippen LogP contribution is 2.45. The molecule has 1 aliphatic carbocycles. The molecule has 0 radical (unpaired) electrons. The van der Waals surface area contributed by atoms with E-state index in [0.717, 1.165) is 11.1 Å². The lowest BCUT2D eigenvalue weighted by atomic mass is 9.71. The van der Waals surface area contributed by atoms with Gasteiger partial charge in [-0.25, -0.2) is 14.2 Å². The normalized spacial score (nSPS) is 24.0. The maximum atomic E-state index is 15.3. The van der Waals surface area contributed by atoms with Crippen molar-refractivity contribution in [1.29, 1.82) is 0 Å². The molecule has 41 heavy (non-hydrogen) atoms. The summed E-state index contributed by atoms with van der Waals surface area (Å²) >= 11 is 6.28. The summed E-state index contributed by atoms with van der Waals surface area (Å²) in [6, 6.07) is 2.08. The van der Waals surface area contributed by atoms with Crippen LogP contribution in [0.3, 0.4) is 0 Å². The molecule has 1 aromatic heterocycles. The molecule has 3 heterocycles. The Labute approximate surface area is 233 Å². The molecule has 11 nitrogen and oxygen atoms in total. The zero-order valence-corrected chi connectivity index (χ0v) is 21.6. The first-order chi connectivity index (χ1) is 19.3. The highest BCUT2D eigenvalue weighted by molar-refractivity contribution is 6.32. The van der Waals surface area contributed by atoms with Crippen LogP contribution < -0.4 is 15.4 Å². The van der Waals surface area contributed by atoms with E-state index in [2.05, 4.69) is 20.4 Å². The molecule has 218 valence electrons. The number of alkyl halides is 3. The third-order valence-corrected chi connectivity index (χ3v) is 7.45. The number of hydrogen-bond donors (Lipinski definition) is 3. The number of rotatable bonds is 6. The number of nitrogens with one attached hydrogen (secondary N) is 2. The van der Waals surface area contributed by atoms with E-state index in [1.165, 1.54) is 18.2 Å². The smallest absolute Gasteiger partial charge is 0.445 e. The molecule has 0 spiro atoms. The second-order valence-corrected chi connectivity index (χ2v) is 10.3. The van der Waals surface area contributed by atoms with Gasteiger partial charge in [-0.3, -0.25) is 19.7 Å². The summed E-state index contributed by atoms with van der Waals surface area (Å²) in [5.74, 6) is -3.73. The molecule has 0 bridgehead atoms. The molecule has 3 aliphatic rings. The molecule has 4 amide bonds. The van der Waals surface area contributed by atoms with Crippen molar-refractivity contribution >= 4 is 35.4 Å². The SMILES string of the molecule is O=C1CCC(N2Cc3c(Cl)cc(COC(=O)NC4CC(O)(c5cccnc5OC(F)(F)F)C4)c(F)c3C2=O)C(=O)N1. The quantitative estimate of drug-likeness (QED) is 0.339. The zero-order chi connectivity index (χ0) is 29.7. The fraction of sp³-hybridized carbons (Fsp3) is 0.400. The average Bonchev–Trinajstić information content (AvgIpc) is 3.21. The van der Waals surface area contributed by atoms with Crippen LogP contribution in [0.5, 0.6) is 5.88 Å². The Balaban J connectivity index is 1.20. The summed E-state index contributed by atoms with van der Waals surface area (Å²) in [4.78, 5) is 53.7. The van der Waals surface area contributed by atoms with Crippen LogP contribution >= 0.6 is 11.6 Å². The van der Waals surface area contributed by atoms with E-state index in [-0.39, 0.29) is 59.5 Å². The lowest BCUT2D eigenvalue weighted by molar-refractivity contribution is -0.277. The number of carbonyl (C=O) groups excluding carboxylic acids is 4. The third-order valence-electron chi connectivity index (χ3n) is 7.12. The number of imide groups is 1. The molecular formula is C25H21ClF4N4O7. The van der Waals surface area contributed by atoms with E-state index >= 15 is 4.39 Å². The summed E-state index contributed by atoms with van der Waals surface area (Å²) in [5.41, 5.74) is -2.36. The van der Waals surface area contributed by atoms with Crippen molar-refractivity contribution in [2.24, 2.45) is 0 Å². The Hall–Kier alpha value is -3.98. The predicted octanol–water partition coefficient (Wildman–Crippen LogP) is 2.81. The molecule has 1 unspecified atom stereocenters. The monoisotopic (exact) mass is 600 g/mol. The van der Waals surface area contributed by atoms with Crippen molar-refractivity contribution in [3.63, 3.8) is 0 Å². The van der Waals surface area contributed by atoms with Gasteiger partial charge in [0, 0.05) is 59.8 Å². The van der Waals surface area contributed by atoms with E-state index in [4.69, 9.17) is 16.3 Å². The van der Waals surface area contributed by atoms with Crippen molar-refractivity contribution in [3.05, 3.63) is 57.5 Å². The Kier molecular flexibility index (Phi) is 7.27. The number of benzene rings is 1. The van der Waals surface area contributed by atoms with Gasteiger partial charge < -0.3 is 24.8 Å². The number of amides is 4. The summed E-state index contributed by atoms with van der Waals surface area (Å²) < 4.78 is 62.3. The minimum absolute atomic E-state index is 0.0148. The maximum Gasteiger partial charge on any atom is 0.574 e. The topological polar surface area (TPSA) is 147 Å². The number of carbonyl (C=O) groups is 4. The van der Waals surface area contributed by atoms with E-state index in [9.17, 15) is 37.5 Å². The molecule has 16 heteroatoms. The molecule has 1 atom stereocenters. The van der Waals surface area contributed by atoms with Crippen LogP contribution in [0.25, 0.3) is 0 Å². The first-order valence-corrected chi connectivity index (χ1v) is 12.6. The standard InChI is InChI=1S/C25H21ClF4N4O7/c26-15-6-11(19(27)18-13(15)9-34(22(18)37)16-3-4-17(35)33-20(16)36)10-40-23(38)32-12-7-24(39,8-12)14-2-1-5-31-21(14)41-25(28,29)30/h1-2,5-6,12,16,39H,3-4,7-10H2,(H,32,38)(H,33,35,36). The van der Waals surface area contributed by atoms with Gasteiger partial charge in [-0.05, 0) is 24.6 Å². The predicted molar refractivity (Wildman–Crippen MR) is 129 cm³/mol. The van der Waals surface area contributed by atoms with Gasteiger partial charge in [0.25, 0.3) is 5.91 Å². The van der Waals surface area contributed by atoms with Crippen LogP contribution in [0.15, 0.2) is 24.4 Å². The number of ether oxygens (including phenoxy) is 2. The highest BCUT2D eigenvalue weighted by Gasteiger charge is 2.48. The summed E-state index contributed by atoms with van der Waals surface area (Å²) in [5, 5.41) is 15.3.